The molecule has 1 rings (SSSR count). The monoisotopic (exact) mass is 240 g/mol. The molecule has 5 heteroatoms. The summed E-state index contributed by atoms with van der Waals surface area (Å²) in [6.45, 7) is 6.95. The van der Waals surface area contributed by atoms with Crippen LogP contribution in [0.25, 0.3) is 0 Å². The first kappa shape index (κ1) is 11.5. The van der Waals surface area contributed by atoms with Crippen molar-refractivity contribution in [3.8, 4) is 0 Å². The molecule has 0 aliphatic heterocycles. The normalized spacial score (nSPS) is 29.8. The van der Waals surface area contributed by atoms with Gasteiger partial charge in [-0.2, -0.15) is 0 Å². The molecule has 1 aliphatic rings. The Morgan fingerprint density at radius 3 is 2.08 bits per heavy atom. The highest BCUT2D eigenvalue weighted by Gasteiger charge is 2.39. The van der Waals surface area contributed by atoms with Gasteiger partial charge in [0.15, 0.2) is 0 Å². The largest absolute Gasteiger partial charge is 0.235 e. The van der Waals surface area contributed by atoms with E-state index in [1.165, 1.54) is 6.04 Å². The standard InChI is InChI=1S/C8H17ClO2SSi/c1-13(2,3)6-7-4-8(5-7)12(9,10)11/h7-8H,4-6H2,1-3H3. The van der Waals surface area contributed by atoms with Gasteiger partial charge in [0.1, 0.15) is 0 Å². The molecule has 1 saturated carbocycles. The van der Waals surface area contributed by atoms with Crippen LogP contribution >= 0.6 is 10.7 Å². The van der Waals surface area contributed by atoms with E-state index in [-0.39, 0.29) is 5.25 Å². The smallest absolute Gasteiger partial charge is 0.212 e. The van der Waals surface area contributed by atoms with Gasteiger partial charge in [-0.1, -0.05) is 25.7 Å². The topological polar surface area (TPSA) is 34.1 Å². The Kier molecular flexibility index (Phi) is 3.15. The van der Waals surface area contributed by atoms with Crippen molar-refractivity contribution < 1.29 is 8.42 Å². The summed E-state index contributed by atoms with van der Waals surface area (Å²) in [6, 6.07) is 1.23. The molecular weight excluding hydrogens is 224 g/mol. The van der Waals surface area contributed by atoms with E-state index < -0.39 is 17.1 Å². The van der Waals surface area contributed by atoms with Gasteiger partial charge in [0.2, 0.25) is 9.05 Å². The molecule has 0 spiro atoms. The molecule has 0 atom stereocenters. The van der Waals surface area contributed by atoms with Crippen LogP contribution in [0.1, 0.15) is 12.8 Å². The highest BCUT2D eigenvalue weighted by Crippen LogP contribution is 2.39. The van der Waals surface area contributed by atoms with E-state index in [0.717, 1.165) is 12.8 Å². The van der Waals surface area contributed by atoms with Crippen molar-refractivity contribution in [3.05, 3.63) is 0 Å². The molecule has 0 unspecified atom stereocenters. The van der Waals surface area contributed by atoms with Crippen molar-refractivity contribution in [2.24, 2.45) is 5.92 Å². The zero-order valence-corrected chi connectivity index (χ0v) is 11.0. The molecule has 0 radical (unpaired) electrons. The maximum atomic E-state index is 10.9. The van der Waals surface area contributed by atoms with Gasteiger partial charge >= 0.3 is 0 Å². The molecule has 0 aromatic heterocycles. The molecule has 2 nitrogen and oxygen atoms in total. The third-order valence-electron chi connectivity index (χ3n) is 2.49. The first-order chi connectivity index (χ1) is 5.68. The summed E-state index contributed by atoms with van der Waals surface area (Å²) < 4.78 is 21.8. The van der Waals surface area contributed by atoms with Crippen LogP contribution in [0.5, 0.6) is 0 Å². The van der Waals surface area contributed by atoms with E-state index in [2.05, 4.69) is 19.6 Å². The van der Waals surface area contributed by atoms with E-state index in [9.17, 15) is 8.42 Å². The molecule has 13 heavy (non-hydrogen) atoms. The Morgan fingerprint density at radius 1 is 1.31 bits per heavy atom. The van der Waals surface area contributed by atoms with Gasteiger partial charge in [-0.15, -0.1) is 0 Å². The highest BCUT2D eigenvalue weighted by molar-refractivity contribution is 8.14. The van der Waals surface area contributed by atoms with Crippen LogP contribution in [0.15, 0.2) is 0 Å². The summed E-state index contributed by atoms with van der Waals surface area (Å²) in [5, 5.41) is -0.254. The summed E-state index contributed by atoms with van der Waals surface area (Å²) in [7, 11) is 0.972. The molecule has 1 aliphatic carbocycles. The number of hydrogen-bond acceptors (Lipinski definition) is 2. The van der Waals surface area contributed by atoms with Crippen molar-refractivity contribution >= 4 is 27.8 Å². The predicted octanol–water partition coefficient (Wildman–Crippen LogP) is 2.67. The fourth-order valence-corrected chi connectivity index (χ4v) is 5.44. The molecule has 0 aromatic carbocycles. The zero-order chi connectivity index (χ0) is 10.3. The first-order valence-electron chi connectivity index (χ1n) is 4.62. The lowest BCUT2D eigenvalue weighted by Crippen LogP contribution is -2.37. The summed E-state index contributed by atoms with van der Waals surface area (Å²) in [4.78, 5) is 0. The van der Waals surface area contributed by atoms with Gasteiger partial charge in [0.05, 0.1) is 5.25 Å². The summed E-state index contributed by atoms with van der Waals surface area (Å²) >= 11 is 0. The highest BCUT2D eigenvalue weighted by atomic mass is 35.7. The Balaban J connectivity index is 2.35. The second-order valence-corrected chi connectivity index (χ2v) is 13.6. The lowest BCUT2D eigenvalue weighted by Gasteiger charge is -2.36. The fraction of sp³-hybridized carbons (Fsp3) is 1.00. The molecule has 0 bridgehead atoms. The Morgan fingerprint density at radius 2 is 1.77 bits per heavy atom. The minimum Gasteiger partial charge on any atom is -0.212 e. The van der Waals surface area contributed by atoms with Crippen LogP contribution in [0.4, 0.5) is 0 Å². The van der Waals surface area contributed by atoms with Gasteiger partial charge < -0.3 is 0 Å². The third kappa shape index (κ3) is 3.60. The average Bonchev–Trinajstić information content (AvgIpc) is 1.71. The molecule has 1 fully saturated rings. The Labute approximate surface area is 86.1 Å². The van der Waals surface area contributed by atoms with Crippen LogP contribution in [-0.4, -0.2) is 21.7 Å². The van der Waals surface area contributed by atoms with Crippen molar-refractivity contribution in [1.82, 2.24) is 0 Å². The lowest BCUT2D eigenvalue weighted by molar-refractivity contribution is 0.344. The van der Waals surface area contributed by atoms with Gasteiger partial charge in [-0.3, -0.25) is 0 Å². The number of rotatable bonds is 3. The van der Waals surface area contributed by atoms with Crippen molar-refractivity contribution in [2.45, 2.75) is 43.8 Å². The van der Waals surface area contributed by atoms with E-state index in [4.69, 9.17) is 10.7 Å². The van der Waals surface area contributed by atoms with Gasteiger partial charge in [0, 0.05) is 18.8 Å². The molecule has 0 aromatic rings. The third-order valence-corrected chi connectivity index (χ3v) is 6.23. The Hall–Kier alpha value is 0.457. The van der Waals surface area contributed by atoms with Crippen molar-refractivity contribution in [3.63, 3.8) is 0 Å². The van der Waals surface area contributed by atoms with Crippen LogP contribution in [-0.2, 0) is 9.05 Å². The average molecular weight is 241 g/mol. The second-order valence-electron chi connectivity index (χ2n) is 5.20. The van der Waals surface area contributed by atoms with Crippen LogP contribution in [0.3, 0.4) is 0 Å². The van der Waals surface area contributed by atoms with Crippen molar-refractivity contribution in [1.29, 1.82) is 0 Å². The van der Waals surface area contributed by atoms with Gasteiger partial charge in [-0.05, 0) is 18.8 Å². The quantitative estimate of drug-likeness (QED) is 0.562. The van der Waals surface area contributed by atoms with Crippen LogP contribution < -0.4 is 0 Å². The van der Waals surface area contributed by atoms with Crippen LogP contribution in [0, 0.1) is 5.92 Å². The minimum absolute atomic E-state index is 0.254. The van der Waals surface area contributed by atoms with E-state index in [0.29, 0.717) is 5.92 Å². The molecule has 0 amide bonds. The maximum absolute atomic E-state index is 10.9. The van der Waals surface area contributed by atoms with Gasteiger partial charge in [0.25, 0.3) is 0 Å². The maximum Gasteiger partial charge on any atom is 0.235 e. The van der Waals surface area contributed by atoms with E-state index >= 15 is 0 Å². The summed E-state index contributed by atoms with van der Waals surface area (Å²) in [5.74, 6) is 0.616. The minimum atomic E-state index is -3.27. The zero-order valence-electron chi connectivity index (χ0n) is 8.38. The lowest BCUT2D eigenvalue weighted by atomic mass is 9.86. The Bertz CT molecular complexity index is 275. The molecular formula is C8H17ClO2SSi. The molecule has 0 N–H and O–H groups in total. The molecule has 0 saturated heterocycles. The van der Waals surface area contributed by atoms with Gasteiger partial charge in [-0.25, -0.2) is 8.42 Å². The number of halogens is 1. The van der Waals surface area contributed by atoms with E-state index in [1.54, 1.807) is 0 Å². The van der Waals surface area contributed by atoms with Crippen molar-refractivity contribution in [2.75, 3.05) is 0 Å². The predicted molar refractivity (Wildman–Crippen MR) is 59.4 cm³/mol. The first-order valence-corrected chi connectivity index (χ1v) is 10.7. The second kappa shape index (κ2) is 3.55. The van der Waals surface area contributed by atoms with E-state index in [1.807, 2.05) is 0 Å². The molecule has 0 heterocycles. The summed E-state index contributed by atoms with van der Waals surface area (Å²) in [6.07, 6.45) is 1.58. The summed E-state index contributed by atoms with van der Waals surface area (Å²) in [5.41, 5.74) is 0. The SMILES string of the molecule is C[Si](C)(C)CC1CC(S(=O)(=O)Cl)C1. The van der Waals surface area contributed by atoms with Crippen LogP contribution in [0.2, 0.25) is 25.7 Å². The molecule has 78 valence electrons. The fourth-order valence-electron chi connectivity index (χ4n) is 1.94. The number of hydrogen-bond donors (Lipinski definition) is 0.